The summed E-state index contributed by atoms with van der Waals surface area (Å²) in [5.41, 5.74) is -3.10. The van der Waals surface area contributed by atoms with Gasteiger partial charge in [-0.25, -0.2) is 22.9 Å². The monoisotopic (exact) mass is 427 g/mol. The highest BCUT2D eigenvalue weighted by Gasteiger charge is 2.53. The van der Waals surface area contributed by atoms with E-state index in [4.69, 9.17) is 0 Å². The fraction of sp³-hybridized carbons (Fsp3) is 0.0909. The van der Waals surface area contributed by atoms with E-state index in [2.05, 4.69) is 10.6 Å². The minimum Gasteiger partial charge on any atom is -0.359 e. The van der Waals surface area contributed by atoms with Crippen molar-refractivity contribution in [1.29, 1.82) is 0 Å². The highest BCUT2D eigenvalue weighted by molar-refractivity contribution is 6.11. The number of nitrogens with one attached hydrogen (secondary N) is 2. The third-order valence-corrected chi connectivity index (χ3v) is 4.92. The average molecular weight is 427 g/mol. The molecule has 4 rings (SSSR count). The molecule has 1 heterocycles. The molecule has 3 aromatic rings. The maximum atomic E-state index is 14.5. The number of halogens is 3. The van der Waals surface area contributed by atoms with Crippen LogP contribution in [0.1, 0.15) is 11.1 Å². The number of rotatable bonds is 4. The summed E-state index contributed by atoms with van der Waals surface area (Å²) in [5.74, 6) is -3.84. The molecule has 0 fully saturated rings. The number of urea groups is 1. The van der Waals surface area contributed by atoms with Crippen LogP contribution < -0.4 is 15.5 Å². The molecule has 3 amide bonds. The van der Waals surface area contributed by atoms with Gasteiger partial charge in [0.2, 0.25) is 0 Å². The number of carbonyl (C=O) groups is 2. The number of anilines is 2. The van der Waals surface area contributed by atoms with E-state index in [1.165, 1.54) is 42.5 Å². The second-order valence-electron chi connectivity index (χ2n) is 6.86. The number of benzene rings is 3. The normalized spacial score (nSPS) is 17.7. The molecule has 0 saturated heterocycles. The first-order chi connectivity index (χ1) is 14.8. The number of amides is 3. The van der Waals surface area contributed by atoms with Crippen molar-refractivity contribution in [2.24, 2.45) is 0 Å². The Balaban J connectivity index is 1.79. The molecule has 0 aromatic heterocycles. The van der Waals surface area contributed by atoms with E-state index in [0.717, 1.165) is 18.2 Å². The van der Waals surface area contributed by atoms with Crippen molar-refractivity contribution in [3.05, 3.63) is 95.3 Å². The SMILES string of the molecule is O=C1Nc2ccccc2[C@@](O)(C(=O)NCc2ccc(F)cc2)N1c1c(F)cccc1F. The largest absolute Gasteiger partial charge is 0.359 e. The Hall–Kier alpha value is -3.85. The van der Waals surface area contributed by atoms with Gasteiger partial charge in [-0.05, 0) is 35.9 Å². The van der Waals surface area contributed by atoms with Crippen molar-refractivity contribution in [2.75, 3.05) is 10.2 Å². The molecule has 1 aliphatic rings. The van der Waals surface area contributed by atoms with Crippen LogP contribution in [0.15, 0.2) is 66.7 Å². The molecule has 0 radical (unpaired) electrons. The minimum absolute atomic E-state index is 0.0751. The van der Waals surface area contributed by atoms with Crippen LogP contribution >= 0.6 is 0 Å². The third-order valence-electron chi connectivity index (χ3n) is 4.92. The van der Waals surface area contributed by atoms with Gasteiger partial charge in [-0.3, -0.25) is 4.79 Å². The summed E-state index contributed by atoms with van der Waals surface area (Å²) >= 11 is 0. The summed E-state index contributed by atoms with van der Waals surface area (Å²) in [6.07, 6.45) is 0. The molecular formula is C22H16F3N3O3. The standard InChI is InChI=1S/C22H16F3N3O3/c23-14-10-8-13(9-11-14)12-26-20(29)22(31)15-4-1-2-7-18(15)27-21(30)28(22)19-16(24)5-3-6-17(19)25/h1-11,31H,12H2,(H,26,29)(H,27,30)/t22-/m1/s1. The van der Waals surface area contributed by atoms with Crippen LogP contribution in [0.5, 0.6) is 0 Å². The molecule has 0 bridgehead atoms. The number of aliphatic hydroxyl groups is 1. The summed E-state index contributed by atoms with van der Waals surface area (Å²) in [6.45, 7) is -0.126. The molecule has 0 spiro atoms. The number of para-hydroxylation sites is 2. The van der Waals surface area contributed by atoms with Crippen LogP contribution in [-0.4, -0.2) is 17.0 Å². The van der Waals surface area contributed by atoms with Crippen molar-refractivity contribution in [2.45, 2.75) is 12.3 Å². The summed E-state index contributed by atoms with van der Waals surface area (Å²) in [7, 11) is 0. The Kier molecular flexibility index (Phi) is 5.12. The first-order valence-electron chi connectivity index (χ1n) is 9.22. The van der Waals surface area contributed by atoms with Crippen molar-refractivity contribution in [3.8, 4) is 0 Å². The molecule has 0 saturated carbocycles. The maximum Gasteiger partial charge on any atom is 0.329 e. The molecule has 0 aliphatic carbocycles. The van der Waals surface area contributed by atoms with Crippen LogP contribution in [-0.2, 0) is 17.1 Å². The zero-order valence-corrected chi connectivity index (χ0v) is 15.9. The summed E-state index contributed by atoms with van der Waals surface area (Å²) in [5, 5.41) is 16.4. The molecule has 158 valence electrons. The number of fused-ring (bicyclic) bond motifs is 1. The lowest BCUT2D eigenvalue weighted by molar-refractivity contribution is -0.140. The predicted octanol–water partition coefficient (Wildman–Crippen LogP) is 3.62. The molecule has 3 N–H and O–H groups in total. The topological polar surface area (TPSA) is 81.7 Å². The lowest BCUT2D eigenvalue weighted by Gasteiger charge is -2.42. The lowest BCUT2D eigenvalue weighted by atomic mass is 9.94. The number of nitrogens with zero attached hydrogens (tertiary/aromatic N) is 1. The van der Waals surface area contributed by atoms with Crippen LogP contribution in [0.2, 0.25) is 0 Å². The van der Waals surface area contributed by atoms with Gasteiger partial charge in [-0.1, -0.05) is 36.4 Å². The molecule has 9 heteroatoms. The lowest BCUT2D eigenvalue weighted by Crippen LogP contribution is -2.62. The van der Waals surface area contributed by atoms with Crippen LogP contribution in [0.3, 0.4) is 0 Å². The van der Waals surface area contributed by atoms with Crippen molar-refractivity contribution >= 4 is 23.3 Å². The molecule has 31 heavy (non-hydrogen) atoms. The maximum absolute atomic E-state index is 14.5. The molecule has 1 atom stereocenters. The van der Waals surface area contributed by atoms with Gasteiger partial charge in [0.1, 0.15) is 23.1 Å². The Morgan fingerprint density at radius 2 is 1.61 bits per heavy atom. The second kappa shape index (κ2) is 7.77. The van der Waals surface area contributed by atoms with Gasteiger partial charge in [-0.15, -0.1) is 0 Å². The van der Waals surface area contributed by atoms with E-state index in [-0.39, 0.29) is 17.8 Å². The zero-order chi connectivity index (χ0) is 22.2. The van der Waals surface area contributed by atoms with Gasteiger partial charge in [0.05, 0.1) is 5.69 Å². The van der Waals surface area contributed by atoms with E-state index >= 15 is 0 Å². The van der Waals surface area contributed by atoms with Crippen LogP contribution in [0.4, 0.5) is 29.3 Å². The van der Waals surface area contributed by atoms with Gasteiger partial charge in [0, 0.05) is 12.1 Å². The molecule has 0 unspecified atom stereocenters. The van der Waals surface area contributed by atoms with Gasteiger partial charge in [0.25, 0.3) is 11.6 Å². The minimum atomic E-state index is -2.76. The molecule has 1 aliphatic heterocycles. The van der Waals surface area contributed by atoms with Gasteiger partial charge < -0.3 is 15.7 Å². The first-order valence-corrected chi connectivity index (χ1v) is 9.22. The fourth-order valence-corrected chi connectivity index (χ4v) is 3.43. The highest BCUT2D eigenvalue weighted by Crippen LogP contribution is 2.41. The van der Waals surface area contributed by atoms with E-state index in [0.29, 0.717) is 10.5 Å². The third kappa shape index (κ3) is 3.49. The van der Waals surface area contributed by atoms with E-state index in [9.17, 15) is 27.9 Å². The van der Waals surface area contributed by atoms with Crippen molar-refractivity contribution in [3.63, 3.8) is 0 Å². The Labute approximate surface area is 174 Å². The Morgan fingerprint density at radius 1 is 0.968 bits per heavy atom. The van der Waals surface area contributed by atoms with Crippen LogP contribution in [0.25, 0.3) is 0 Å². The highest BCUT2D eigenvalue weighted by atomic mass is 19.1. The van der Waals surface area contributed by atoms with Gasteiger partial charge in [0.15, 0.2) is 0 Å². The fourth-order valence-electron chi connectivity index (χ4n) is 3.43. The van der Waals surface area contributed by atoms with Gasteiger partial charge >= 0.3 is 6.03 Å². The number of hydrogen-bond acceptors (Lipinski definition) is 3. The van der Waals surface area contributed by atoms with Crippen LogP contribution in [0, 0.1) is 17.5 Å². The van der Waals surface area contributed by atoms with Gasteiger partial charge in [-0.2, -0.15) is 0 Å². The average Bonchev–Trinajstić information content (AvgIpc) is 2.75. The van der Waals surface area contributed by atoms with Crippen molar-refractivity contribution < 1.29 is 27.9 Å². The van der Waals surface area contributed by atoms with E-state index < -0.39 is 40.8 Å². The Morgan fingerprint density at radius 3 is 2.29 bits per heavy atom. The molecular weight excluding hydrogens is 411 g/mol. The Bertz CT molecular complexity index is 1150. The summed E-state index contributed by atoms with van der Waals surface area (Å²) < 4.78 is 42.2. The number of carbonyl (C=O) groups excluding carboxylic acids is 2. The molecule has 3 aromatic carbocycles. The number of hydrogen-bond donors (Lipinski definition) is 3. The predicted molar refractivity (Wildman–Crippen MR) is 106 cm³/mol. The first kappa shape index (κ1) is 20.4. The second-order valence-corrected chi connectivity index (χ2v) is 6.86. The smallest absolute Gasteiger partial charge is 0.329 e. The van der Waals surface area contributed by atoms with E-state index in [1.807, 2.05) is 0 Å². The van der Waals surface area contributed by atoms with E-state index in [1.54, 1.807) is 6.07 Å². The molecule has 6 nitrogen and oxygen atoms in total. The summed E-state index contributed by atoms with van der Waals surface area (Å²) in [6, 6.07) is 12.9. The van der Waals surface area contributed by atoms with Crippen molar-refractivity contribution in [1.82, 2.24) is 5.32 Å². The quantitative estimate of drug-likeness (QED) is 0.595. The summed E-state index contributed by atoms with van der Waals surface area (Å²) in [4.78, 5) is 26.3. The zero-order valence-electron chi connectivity index (χ0n) is 15.9.